The lowest BCUT2D eigenvalue weighted by molar-refractivity contribution is -0.147. The molecule has 2 aliphatic rings. The fourth-order valence-electron chi connectivity index (χ4n) is 9.67. The number of benzene rings is 4. The number of rotatable bonds is 23. The predicted octanol–water partition coefficient (Wildman–Crippen LogP) is 9.08. The second-order valence-electron chi connectivity index (χ2n) is 21.2. The lowest BCUT2D eigenvalue weighted by atomic mass is 9.83. The van der Waals surface area contributed by atoms with Gasteiger partial charge in [0.05, 0.1) is 53.5 Å². The number of unbranched alkanes of at least 4 members (excludes halogenated alkanes) is 2. The highest BCUT2D eigenvalue weighted by Gasteiger charge is 2.43. The van der Waals surface area contributed by atoms with Gasteiger partial charge in [0, 0.05) is 13.0 Å². The van der Waals surface area contributed by atoms with E-state index in [-0.39, 0.29) is 52.0 Å². The highest BCUT2D eigenvalue weighted by molar-refractivity contribution is 7.92. The van der Waals surface area contributed by atoms with E-state index in [1.807, 2.05) is 70.2 Å². The number of anilines is 4. The van der Waals surface area contributed by atoms with E-state index in [0.29, 0.717) is 35.9 Å². The number of sulfone groups is 1. The molecule has 1 aromatic heterocycles. The molecule has 1 aliphatic carbocycles. The van der Waals surface area contributed by atoms with Gasteiger partial charge in [0.1, 0.15) is 28.6 Å². The summed E-state index contributed by atoms with van der Waals surface area (Å²) in [6.07, 6.45) is 8.16. The number of methoxy groups -OCH3 is 1. The minimum atomic E-state index is -3.58. The van der Waals surface area contributed by atoms with Crippen molar-refractivity contribution in [2.45, 2.75) is 141 Å². The summed E-state index contributed by atoms with van der Waals surface area (Å²) in [5.41, 5.74) is 6.88. The molecule has 0 saturated heterocycles. The van der Waals surface area contributed by atoms with Crippen molar-refractivity contribution in [1.29, 1.82) is 0 Å². The normalized spacial score (nSPS) is 16.2. The Hall–Kier alpha value is -6.27. The molecule has 0 saturated carbocycles. The molecule has 6 N–H and O–H groups in total. The van der Waals surface area contributed by atoms with Crippen LogP contribution in [0.25, 0.3) is 0 Å². The van der Waals surface area contributed by atoms with E-state index in [9.17, 15) is 22.8 Å². The number of nitrogens with one attached hydrogen (secondary N) is 6. The van der Waals surface area contributed by atoms with Crippen molar-refractivity contribution in [1.82, 2.24) is 36.1 Å². The summed E-state index contributed by atoms with van der Waals surface area (Å²) in [5.74, 6) is 1.06. The summed E-state index contributed by atoms with van der Waals surface area (Å²) in [5, 5.41) is 18.8. The van der Waals surface area contributed by atoms with E-state index in [1.54, 1.807) is 64.1 Å². The van der Waals surface area contributed by atoms with E-state index < -0.39 is 38.6 Å². The van der Waals surface area contributed by atoms with Crippen LogP contribution >= 0.6 is 11.6 Å². The number of carbonyl (C=O) groups excluding carboxylic acids is 3. The monoisotopic (exact) mass is 1080 g/mol. The third kappa shape index (κ3) is 14.2. The van der Waals surface area contributed by atoms with Gasteiger partial charge in [0.2, 0.25) is 23.7 Å². The third-order valence-electron chi connectivity index (χ3n) is 14.4. The zero-order valence-electron chi connectivity index (χ0n) is 45.4. The average molecular weight is 1080 g/mol. The molecule has 16 nitrogen and oxygen atoms in total. The largest absolute Gasteiger partial charge is 0.495 e. The number of para-hydroxylation sites is 1. The van der Waals surface area contributed by atoms with Crippen molar-refractivity contribution in [3.8, 4) is 11.5 Å². The quantitative estimate of drug-likeness (QED) is 0.0338. The first-order valence-corrected chi connectivity index (χ1v) is 28.4. The zero-order valence-corrected chi connectivity index (χ0v) is 47.0. The second-order valence-corrected chi connectivity index (χ2v) is 24.1. The van der Waals surface area contributed by atoms with E-state index in [4.69, 9.17) is 21.1 Å². The van der Waals surface area contributed by atoms with Crippen LogP contribution in [0.4, 0.5) is 23.1 Å². The van der Waals surface area contributed by atoms with Gasteiger partial charge in [-0.15, -0.1) is 0 Å². The third-order valence-corrected chi connectivity index (χ3v) is 16.8. The summed E-state index contributed by atoms with van der Waals surface area (Å²) < 4.78 is 38.2. The molecule has 18 heteroatoms. The van der Waals surface area contributed by atoms with Crippen LogP contribution in [0.5, 0.6) is 11.5 Å². The molecule has 7 rings (SSSR count). The number of nitrogens with zero attached hydrogens (tertiary/aromatic N) is 3. The van der Waals surface area contributed by atoms with Crippen LogP contribution in [0.15, 0.2) is 90.0 Å². The van der Waals surface area contributed by atoms with Gasteiger partial charge < -0.3 is 46.3 Å². The van der Waals surface area contributed by atoms with E-state index in [1.165, 1.54) is 11.8 Å². The van der Waals surface area contributed by atoms with Crippen molar-refractivity contribution < 1.29 is 32.3 Å². The van der Waals surface area contributed by atoms with Gasteiger partial charge in [-0.05, 0) is 168 Å². The Labute approximate surface area is 454 Å². The number of hydrogen-bond acceptors (Lipinski definition) is 13. The molecule has 4 atom stereocenters. The molecule has 76 heavy (non-hydrogen) atoms. The molecule has 3 amide bonds. The maximum Gasteiger partial charge on any atom is 0.246 e. The summed E-state index contributed by atoms with van der Waals surface area (Å²) in [7, 11) is -0.262. The number of ether oxygens (including phenoxy) is 2. The van der Waals surface area contributed by atoms with Crippen molar-refractivity contribution in [3.05, 3.63) is 123 Å². The lowest BCUT2D eigenvalue weighted by Gasteiger charge is -2.41. The number of aromatic nitrogens is 2. The average Bonchev–Trinajstić information content (AvgIpc) is 3.40. The van der Waals surface area contributed by atoms with E-state index in [2.05, 4.69) is 54.0 Å². The summed E-state index contributed by atoms with van der Waals surface area (Å²) in [4.78, 5) is 53.1. The van der Waals surface area contributed by atoms with E-state index in [0.717, 1.165) is 85.9 Å². The molecule has 4 aromatic carbocycles. The van der Waals surface area contributed by atoms with Crippen molar-refractivity contribution in [2.24, 2.45) is 5.41 Å². The molecule has 0 spiro atoms. The number of carbonyl (C=O) groups is 3. The maximum absolute atomic E-state index is 14.8. The summed E-state index contributed by atoms with van der Waals surface area (Å²) in [6, 6.07) is 22.6. The van der Waals surface area contributed by atoms with Crippen LogP contribution in [-0.2, 0) is 50.0 Å². The predicted molar refractivity (Wildman–Crippen MR) is 301 cm³/mol. The van der Waals surface area contributed by atoms with E-state index >= 15 is 0 Å². The minimum absolute atomic E-state index is 0.142. The van der Waals surface area contributed by atoms with Crippen molar-refractivity contribution >= 4 is 62.3 Å². The Kier molecular flexibility index (Phi) is 19.4. The summed E-state index contributed by atoms with van der Waals surface area (Å²) in [6.45, 7) is 15.2. The maximum atomic E-state index is 14.8. The Balaban J connectivity index is 0.906. The first-order valence-electron chi connectivity index (χ1n) is 26.5. The molecular formula is C58H76ClN9O7S. The first-order chi connectivity index (χ1) is 36.3. The zero-order chi connectivity index (χ0) is 54.7. The molecule has 0 fully saturated rings. The van der Waals surface area contributed by atoms with Gasteiger partial charge in [-0.3, -0.25) is 14.4 Å². The first kappa shape index (κ1) is 57.4. The molecule has 2 heterocycles. The number of fused-ring (bicyclic) bond motifs is 2. The minimum Gasteiger partial charge on any atom is -0.495 e. The number of likely N-dealkylation sites (N-methyl/N-ethyl adjacent to an activating group) is 1. The highest BCUT2D eigenvalue weighted by atomic mass is 35.5. The molecular weight excluding hydrogens is 1000 g/mol. The van der Waals surface area contributed by atoms with Gasteiger partial charge in [0.15, 0.2) is 15.7 Å². The van der Waals surface area contributed by atoms with Crippen molar-refractivity contribution in [3.63, 3.8) is 0 Å². The van der Waals surface area contributed by atoms with Crippen molar-refractivity contribution in [2.75, 3.05) is 44.5 Å². The SMILES string of the molecule is CN[C@@H](C)C(=O)N[C@H](C(=O)N1Cc2cc(OCCCCCNCCc3cc(OC)c(Nc4ncc(Cl)c(Nc5ccccc5S(=O)(=O)C(C)C)n4)cc3C)ccc2C[C@H]1C(=O)N[C@H]1CCCc2ccccc21)C(C)(C)C. The van der Waals surface area contributed by atoms with Gasteiger partial charge in [-0.2, -0.15) is 4.98 Å². The smallest absolute Gasteiger partial charge is 0.246 e. The lowest BCUT2D eigenvalue weighted by Crippen LogP contribution is -2.62. The molecule has 0 unspecified atom stereocenters. The van der Waals surface area contributed by atoms with Crippen LogP contribution in [-0.4, -0.2) is 98.2 Å². The number of halogens is 1. The highest BCUT2D eigenvalue weighted by Crippen LogP contribution is 2.36. The molecule has 5 aromatic rings. The Bertz CT molecular complexity index is 2970. The molecule has 408 valence electrons. The Morgan fingerprint density at radius 2 is 1.66 bits per heavy atom. The van der Waals surface area contributed by atoms with Crippen LogP contribution in [0.2, 0.25) is 5.02 Å². The number of hydrogen-bond donors (Lipinski definition) is 6. The fraction of sp³-hybridized carbons (Fsp3) is 0.466. The van der Waals surface area contributed by atoms with Gasteiger partial charge >= 0.3 is 0 Å². The molecule has 0 radical (unpaired) electrons. The molecule has 0 bridgehead atoms. The Morgan fingerprint density at radius 3 is 2.41 bits per heavy atom. The number of aryl methyl sites for hydroxylation is 2. The van der Waals surface area contributed by atoms with Crippen LogP contribution < -0.4 is 41.4 Å². The van der Waals surface area contributed by atoms with Crippen LogP contribution in [0.1, 0.15) is 113 Å². The van der Waals surface area contributed by atoms with Gasteiger partial charge in [0.25, 0.3) is 0 Å². The second kappa shape index (κ2) is 25.7. The standard InChI is InChI=1S/C58H76ClN9O7S/c1-36(2)76(72,73)51-23-14-13-21-47(51)63-53-45(59)34-62-57(67-53)65-48-30-37(3)40(33-50(48)74-9)26-28-61-27-15-10-16-29-75-43-25-24-41-32-49(55(70)64-46-22-17-19-39-18-11-12-20-44(39)46)68(35-42(41)31-43)56(71)52(58(5,6)7)66-54(69)38(4)60-8/h11-14,18,20-21,23-25,30-31,33-34,36,38,46,49,52,60-61H,10,15-17,19,22,26-29,32,35H2,1-9H3,(H,64,70)(H,66,69)(H2,62,63,65,67)/t38-,46-,49-,52+/m0/s1. The fourth-order valence-corrected chi connectivity index (χ4v) is 11.0. The number of amides is 3. The van der Waals surface area contributed by atoms with Crippen LogP contribution in [0.3, 0.4) is 0 Å². The Morgan fingerprint density at radius 1 is 0.895 bits per heavy atom. The van der Waals surface area contributed by atoms with Gasteiger partial charge in [-0.25, -0.2) is 13.4 Å². The summed E-state index contributed by atoms with van der Waals surface area (Å²) >= 11 is 6.48. The van der Waals surface area contributed by atoms with Crippen LogP contribution in [0, 0.1) is 12.3 Å². The molecule has 1 aliphatic heterocycles. The van der Waals surface area contributed by atoms with Gasteiger partial charge in [-0.1, -0.05) is 74.8 Å². The topological polar surface area (TPSA) is 205 Å².